The van der Waals surface area contributed by atoms with Gasteiger partial charge in [0, 0.05) is 12.1 Å². The number of hydrogen-bond donors (Lipinski definition) is 1. The lowest BCUT2D eigenvalue weighted by molar-refractivity contribution is -0.116. The number of rotatable bonds is 6. The van der Waals surface area contributed by atoms with Crippen molar-refractivity contribution in [2.24, 2.45) is 17.8 Å². The van der Waals surface area contributed by atoms with E-state index in [1.165, 1.54) is 49.7 Å². The zero-order valence-electron chi connectivity index (χ0n) is 18.2. The van der Waals surface area contributed by atoms with Crippen LogP contribution in [0.3, 0.4) is 0 Å². The molecule has 6 rings (SSSR count). The van der Waals surface area contributed by atoms with E-state index >= 15 is 0 Å². The molecule has 3 heteroatoms. The van der Waals surface area contributed by atoms with E-state index in [1.807, 2.05) is 19.1 Å². The number of benzene rings is 2. The highest BCUT2D eigenvalue weighted by Gasteiger charge is 2.51. The Morgan fingerprint density at radius 3 is 2.20 bits per heavy atom. The Morgan fingerprint density at radius 1 is 1.00 bits per heavy atom. The molecular weight excluding hydrogens is 370 g/mol. The normalized spacial score (nSPS) is 29.1. The first-order valence-corrected chi connectivity index (χ1v) is 11.6. The SMILES string of the molecule is COc1ccc(CCC(=O)Nc2ccc(C34CC5CC(CC(C5)C3)C4)cc2)cc1C. The Bertz CT molecular complexity index is 895. The van der Waals surface area contributed by atoms with E-state index in [1.54, 1.807) is 7.11 Å². The van der Waals surface area contributed by atoms with E-state index in [-0.39, 0.29) is 5.91 Å². The summed E-state index contributed by atoms with van der Waals surface area (Å²) in [6.45, 7) is 2.04. The van der Waals surface area contributed by atoms with E-state index in [0.29, 0.717) is 11.8 Å². The van der Waals surface area contributed by atoms with Gasteiger partial charge in [-0.25, -0.2) is 0 Å². The summed E-state index contributed by atoms with van der Waals surface area (Å²) in [7, 11) is 1.68. The summed E-state index contributed by atoms with van der Waals surface area (Å²) >= 11 is 0. The topological polar surface area (TPSA) is 38.3 Å². The molecule has 30 heavy (non-hydrogen) atoms. The van der Waals surface area contributed by atoms with Crippen LogP contribution >= 0.6 is 0 Å². The summed E-state index contributed by atoms with van der Waals surface area (Å²) in [4.78, 5) is 12.5. The molecule has 0 heterocycles. The van der Waals surface area contributed by atoms with Crippen molar-refractivity contribution in [3.63, 3.8) is 0 Å². The predicted molar refractivity (Wildman–Crippen MR) is 121 cm³/mol. The monoisotopic (exact) mass is 403 g/mol. The van der Waals surface area contributed by atoms with Crippen molar-refractivity contribution >= 4 is 11.6 Å². The molecule has 0 aromatic heterocycles. The van der Waals surface area contributed by atoms with Gasteiger partial charge < -0.3 is 10.1 Å². The van der Waals surface area contributed by atoms with Crippen LogP contribution in [0.4, 0.5) is 5.69 Å². The number of methoxy groups -OCH3 is 1. The van der Waals surface area contributed by atoms with Crippen LogP contribution in [0.25, 0.3) is 0 Å². The van der Waals surface area contributed by atoms with E-state index in [4.69, 9.17) is 4.74 Å². The van der Waals surface area contributed by atoms with Gasteiger partial charge in [0.2, 0.25) is 5.91 Å². The highest BCUT2D eigenvalue weighted by Crippen LogP contribution is 2.60. The number of amides is 1. The Balaban J connectivity index is 1.19. The van der Waals surface area contributed by atoms with Crippen molar-refractivity contribution in [3.8, 4) is 5.75 Å². The standard InChI is InChI=1S/C27H33NO2/c1-18-11-19(3-9-25(18)30-2)4-10-26(29)28-24-7-5-23(6-8-24)27-15-20-12-21(16-27)14-22(13-20)17-27/h3,5-9,11,20-22H,4,10,12-17H2,1-2H3,(H,28,29). The molecule has 158 valence electrons. The summed E-state index contributed by atoms with van der Waals surface area (Å²) < 4.78 is 5.31. The van der Waals surface area contributed by atoms with Gasteiger partial charge in [-0.2, -0.15) is 0 Å². The highest BCUT2D eigenvalue weighted by atomic mass is 16.5. The van der Waals surface area contributed by atoms with Crippen LogP contribution in [-0.2, 0) is 16.6 Å². The molecule has 2 aromatic carbocycles. The van der Waals surface area contributed by atoms with Crippen LogP contribution in [0.15, 0.2) is 42.5 Å². The van der Waals surface area contributed by atoms with Crippen molar-refractivity contribution in [2.45, 2.75) is 63.7 Å². The van der Waals surface area contributed by atoms with E-state index in [0.717, 1.165) is 41.2 Å². The molecule has 3 nitrogen and oxygen atoms in total. The lowest BCUT2D eigenvalue weighted by Crippen LogP contribution is -2.48. The van der Waals surface area contributed by atoms with E-state index < -0.39 is 0 Å². The fraction of sp³-hybridized carbons (Fsp3) is 0.519. The minimum Gasteiger partial charge on any atom is -0.496 e. The van der Waals surface area contributed by atoms with Crippen molar-refractivity contribution in [3.05, 3.63) is 59.2 Å². The Hall–Kier alpha value is -2.29. The maximum absolute atomic E-state index is 12.5. The van der Waals surface area contributed by atoms with Crippen LogP contribution in [0, 0.1) is 24.7 Å². The van der Waals surface area contributed by atoms with Gasteiger partial charge in [-0.3, -0.25) is 4.79 Å². The van der Waals surface area contributed by atoms with Crippen molar-refractivity contribution in [1.29, 1.82) is 0 Å². The van der Waals surface area contributed by atoms with Gasteiger partial charge >= 0.3 is 0 Å². The molecule has 4 saturated carbocycles. The molecular formula is C27H33NO2. The number of aryl methyl sites for hydroxylation is 2. The second kappa shape index (κ2) is 7.76. The molecule has 0 atom stereocenters. The second-order valence-corrected chi connectivity index (χ2v) is 10.1. The smallest absolute Gasteiger partial charge is 0.224 e. The largest absolute Gasteiger partial charge is 0.496 e. The first-order valence-electron chi connectivity index (χ1n) is 11.6. The number of ether oxygens (including phenoxy) is 1. The van der Waals surface area contributed by atoms with Gasteiger partial charge in [0.25, 0.3) is 0 Å². The number of carbonyl (C=O) groups excluding carboxylic acids is 1. The fourth-order valence-electron chi connectivity index (χ4n) is 6.95. The van der Waals surface area contributed by atoms with Crippen molar-refractivity contribution < 1.29 is 9.53 Å². The molecule has 0 radical (unpaired) electrons. The quantitative estimate of drug-likeness (QED) is 0.638. The minimum absolute atomic E-state index is 0.0750. The van der Waals surface area contributed by atoms with Crippen molar-refractivity contribution in [1.82, 2.24) is 0 Å². The Kier molecular flexibility index (Phi) is 5.08. The lowest BCUT2D eigenvalue weighted by Gasteiger charge is -2.57. The molecule has 1 N–H and O–H groups in total. The van der Waals surface area contributed by atoms with Crippen LogP contribution < -0.4 is 10.1 Å². The van der Waals surface area contributed by atoms with E-state index in [9.17, 15) is 4.79 Å². The first kappa shape index (κ1) is 19.7. The zero-order chi connectivity index (χ0) is 20.7. The highest BCUT2D eigenvalue weighted by molar-refractivity contribution is 5.90. The fourth-order valence-corrected chi connectivity index (χ4v) is 6.95. The van der Waals surface area contributed by atoms with Crippen molar-refractivity contribution in [2.75, 3.05) is 12.4 Å². The molecule has 0 spiro atoms. The van der Waals surface area contributed by atoms with Gasteiger partial charge in [0.05, 0.1) is 7.11 Å². The maximum Gasteiger partial charge on any atom is 0.224 e. The average Bonchev–Trinajstić information content (AvgIpc) is 2.72. The third kappa shape index (κ3) is 3.75. The van der Waals surface area contributed by atoms with Gasteiger partial charge in [-0.05, 0) is 110 Å². The molecule has 0 aliphatic heterocycles. The average molecular weight is 404 g/mol. The van der Waals surface area contributed by atoms with Gasteiger partial charge in [-0.15, -0.1) is 0 Å². The van der Waals surface area contributed by atoms with Gasteiger partial charge in [0.15, 0.2) is 0 Å². The third-order valence-electron chi connectivity index (χ3n) is 7.92. The number of anilines is 1. The van der Waals surface area contributed by atoms with Gasteiger partial charge in [0.1, 0.15) is 5.75 Å². The lowest BCUT2D eigenvalue weighted by atomic mass is 9.48. The molecule has 0 saturated heterocycles. The molecule has 1 amide bonds. The molecule has 0 unspecified atom stereocenters. The number of nitrogens with one attached hydrogen (secondary N) is 1. The zero-order valence-corrected chi connectivity index (χ0v) is 18.2. The minimum atomic E-state index is 0.0750. The number of hydrogen-bond acceptors (Lipinski definition) is 2. The second-order valence-electron chi connectivity index (χ2n) is 10.1. The predicted octanol–water partition coefficient (Wildman–Crippen LogP) is 6.04. The third-order valence-corrected chi connectivity index (χ3v) is 7.92. The molecule has 4 aliphatic rings. The van der Waals surface area contributed by atoms with Crippen LogP contribution in [0.1, 0.15) is 61.6 Å². The van der Waals surface area contributed by atoms with Crippen LogP contribution in [-0.4, -0.2) is 13.0 Å². The van der Waals surface area contributed by atoms with Crippen LogP contribution in [0.5, 0.6) is 5.75 Å². The summed E-state index contributed by atoms with van der Waals surface area (Å²) in [5.74, 6) is 3.83. The molecule has 2 aromatic rings. The van der Waals surface area contributed by atoms with Gasteiger partial charge in [-0.1, -0.05) is 24.3 Å². The molecule has 4 aliphatic carbocycles. The first-order chi connectivity index (χ1) is 14.5. The van der Waals surface area contributed by atoms with E-state index in [2.05, 4.69) is 35.6 Å². The Labute approximate surface area is 180 Å². The summed E-state index contributed by atoms with van der Waals surface area (Å²) in [5, 5.41) is 3.09. The number of carbonyl (C=O) groups is 1. The molecule has 4 fully saturated rings. The maximum atomic E-state index is 12.5. The Morgan fingerprint density at radius 2 is 1.63 bits per heavy atom. The molecule has 4 bridgehead atoms. The summed E-state index contributed by atoms with van der Waals surface area (Å²) in [6, 6.07) is 14.9. The summed E-state index contributed by atoms with van der Waals surface area (Å²) in [6.07, 6.45) is 9.79. The summed E-state index contributed by atoms with van der Waals surface area (Å²) in [5.41, 5.74) is 5.12. The van der Waals surface area contributed by atoms with Crippen LogP contribution in [0.2, 0.25) is 0 Å².